The molecule has 3 rings (SSSR count). The minimum absolute atomic E-state index is 0.110. The van der Waals surface area contributed by atoms with Gasteiger partial charge < -0.3 is 10.6 Å². The van der Waals surface area contributed by atoms with Gasteiger partial charge in [-0.05, 0) is 55.7 Å². The molecule has 1 amide bonds. The third-order valence-electron chi connectivity index (χ3n) is 4.33. The molecule has 1 unspecified atom stereocenters. The summed E-state index contributed by atoms with van der Waals surface area (Å²) in [7, 11) is 0. The SMILES string of the molecule is Cc1cccc(Nc2nnc(SCC(=O)NC(C)c3ccc(F)cc3)s2)c1C. The average Bonchev–Trinajstić information content (AvgIpc) is 3.12. The van der Waals surface area contributed by atoms with Crippen molar-refractivity contribution in [2.24, 2.45) is 0 Å². The largest absolute Gasteiger partial charge is 0.349 e. The van der Waals surface area contributed by atoms with Gasteiger partial charge in [0.25, 0.3) is 0 Å². The lowest BCUT2D eigenvalue weighted by Crippen LogP contribution is -2.28. The van der Waals surface area contributed by atoms with Crippen molar-refractivity contribution in [1.82, 2.24) is 15.5 Å². The van der Waals surface area contributed by atoms with E-state index >= 15 is 0 Å². The molecule has 0 spiro atoms. The van der Waals surface area contributed by atoms with Crippen molar-refractivity contribution in [3.05, 3.63) is 65.0 Å². The highest BCUT2D eigenvalue weighted by Gasteiger charge is 2.12. The third kappa shape index (κ3) is 5.30. The van der Waals surface area contributed by atoms with E-state index in [4.69, 9.17) is 0 Å². The van der Waals surface area contributed by atoms with Crippen LogP contribution in [0.2, 0.25) is 0 Å². The molecule has 1 aromatic heterocycles. The smallest absolute Gasteiger partial charge is 0.230 e. The van der Waals surface area contributed by atoms with Crippen LogP contribution in [0.15, 0.2) is 46.8 Å². The van der Waals surface area contributed by atoms with E-state index in [1.807, 2.05) is 19.1 Å². The quantitative estimate of drug-likeness (QED) is 0.530. The predicted octanol–water partition coefficient (Wildman–Crippen LogP) is 5.01. The number of benzene rings is 2. The van der Waals surface area contributed by atoms with Crippen molar-refractivity contribution in [3.63, 3.8) is 0 Å². The number of nitrogens with zero attached hydrogens (tertiary/aromatic N) is 2. The Bertz CT molecular complexity index is 959. The van der Waals surface area contributed by atoms with E-state index in [0.717, 1.165) is 15.6 Å². The summed E-state index contributed by atoms with van der Waals surface area (Å²) in [6.07, 6.45) is 0. The molecule has 3 aromatic rings. The van der Waals surface area contributed by atoms with E-state index in [2.05, 4.69) is 40.7 Å². The molecule has 2 N–H and O–H groups in total. The number of aromatic nitrogens is 2. The molecule has 1 heterocycles. The normalized spacial score (nSPS) is 11.9. The van der Waals surface area contributed by atoms with Crippen LogP contribution in [0.3, 0.4) is 0 Å². The molecule has 2 aromatic carbocycles. The minimum Gasteiger partial charge on any atom is -0.349 e. The first-order chi connectivity index (χ1) is 13.4. The topological polar surface area (TPSA) is 66.9 Å². The second-order valence-electron chi connectivity index (χ2n) is 6.38. The monoisotopic (exact) mass is 416 g/mol. The Kier molecular flexibility index (Phi) is 6.64. The molecule has 146 valence electrons. The Morgan fingerprint density at radius 3 is 2.68 bits per heavy atom. The summed E-state index contributed by atoms with van der Waals surface area (Å²) in [4.78, 5) is 12.2. The summed E-state index contributed by atoms with van der Waals surface area (Å²) in [5.74, 6) is -0.163. The molecular formula is C20H21FN4OS2. The van der Waals surface area contributed by atoms with Crippen molar-refractivity contribution in [1.29, 1.82) is 0 Å². The molecule has 8 heteroatoms. The van der Waals surface area contributed by atoms with Crippen LogP contribution in [-0.2, 0) is 4.79 Å². The van der Waals surface area contributed by atoms with E-state index in [1.165, 1.54) is 46.4 Å². The fourth-order valence-corrected chi connectivity index (χ4v) is 4.14. The number of aryl methyl sites for hydroxylation is 1. The van der Waals surface area contributed by atoms with Gasteiger partial charge in [0.15, 0.2) is 4.34 Å². The van der Waals surface area contributed by atoms with E-state index in [0.29, 0.717) is 5.13 Å². The molecule has 5 nitrogen and oxygen atoms in total. The number of hydrogen-bond donors (Lipinski definition) is 2. The lowest BCUT2D eigenvalue weighted by Gasteiger charge is -2.13. The van der Waals surface area contributed by atoms with Crippen LogP contribution in [0.1, 0.15) is 29.7 Å². The fourth-order valence-electron chi connectivity index (χ4n) is 2.57. The molecule has 0 saturated heterocycles. The highest BCUT2D eigenvalue weighted by atomic mass is 32.2. The highest BCUT2D eigenvalue weighted by Crippen LogP contribution is 2.29. The lowest BCUT2D eigenvalue weighted by atomic mass is 10.1. The molecule has 0 fully saturated rings. The molecule has 0 radical (unpaired) electrons. The summed E-state index contributed by atoms with van der Waals surface area (Å²) in [6.45, 7) is 5.99. The number of thioether (sulfide) groups is 1. The Labute approximate surface area is 171 Å². The first-order valence-corrected chi connectivity index (χ1v) is 10.6. The van der Waals surface area contributed by atoms with Crippen molar-refractivity contribution in [2.45, 2.75) is 31.2 Å². The Hall–Kier alpha value is -2.45. The Balaban J connectivity index is 1.51. The van der Waals surface area contributed by atoms with E-state index in [9.17, 15) is 9.18 Å². The fraction of sp³-hybridized carbons (Fsp3) is 0.250. The van der Waals surface area contributed by atoms with Crippen LogP contribution in [0, 0.1) is 19.7 Å². The predicted molar refractivity (Wildman–Crippen MR) is 113 cm³/mol. The van der Waals surface area contributed by atoms with Crippen LogP contribution < -0.4 is 10.6 Å². The molecule has 0 aliphatic rings. The van der Waals surface area contributed by atoms with Crippen molar-refractivity contribution >= 4 is 39.8 Å². The zero-order chi connectivity index (χ0) is 20.1. The van der Waals surface area contributed by atoms with Gasteiger partial charge in [-0.15, -0.1) is 10.2 Å². The number of halogens is 1. The summed E-state index contributed by atoms with van der Waals surface area (Å²) >= 11 is 2.75. The minimum atomic E-state index is -0.292. The number of anilines is 2. The number of carbonyl (C=O) groups is 1. The first-order valence-electron chi connectivity index (χ1n) is 8.77. The summed E-state index contributed by atoms with van der Waals surface area (Å²) in [5, 5.41) is 15.2. The average molecular weight is 417 g/mol. The van der Waals surface area contributed by atoms with Crippen molar-refractivity contribution in [3.8, 4) is 0 Å². The zero-order valence-corrected chi connectivity index (χ0v) is 17.5. The highest BCUT2D eigenvalue weighted by molar-refractivity contribution is 8.01. The maximum absolute atomic E-state index is 13.0. The number of amides is 1. The van der Waals surface area contributed by atoms with Gasteiger partial charge in [-0.2, -0.15) is 0 Å². The zero-order valence-electron chi connectivity index (χ0n) is 15.8. The molecule has 0 saturated carbocycles. The molecule has 0 aliphatic heterocycles. The van der Waals surface area contributed by atoms with E-state index < -0.39 is 0 Å². The number of carbonyl (C=O) groups excluding carboxylic acids is 1. The first kappa shape index (κ1) is 20.3. The molecule has 0 bridgehead atoms. The van der Waals surface area contributed by atoms with Gasteiger partial charge in [0.05, 0.1) is 11.8 Å². The van der Waals surface area contributed by atoms with Gasteiger partial charge in [0.2, 0.25) is 11.0 Å². The standard InChI is InChI=1S/C20H21FN4OS2/c1-12-5-4-6-17(13(12)2)23-19-24-25-20(28-19)27-11-18(26)22-14(3)15-7-9-16(21)10-8-15/h4-10,14H,11H2,1-3H3,(H,22,26)(H,23,24). The maximum Gasteiger partial charge on any atom is 0.230 e. The Morgan fingerprint density at radius 1 is 1.18 bits per heavy atom. The van der Waals surface area contributed by atoms with Crippen molar-refractivity contribution in [2.75, 3.05) is 11.1 Å². The number of rotatable bonds is 7. The van der Waals surface area contributed by atoms with E-state index in [1.54, 1.807) is 12.1 Å². The summed E-state index contributed by atoms with van der Waals surface area (Å²) in [6, 6.07) is 12.0. The van der Waals surface area contributed by atoms with Crippen LogP contribution in [0.25, 0.3) is 0 Å². The summed E-state index contributed by atoms with van der Waals surface area (Å²) in [5.41, 5.74) is 4.23. The van der Waals surface area contributed by atoms with Crippen LogP contribution in [0.5, 0.6) is 0 Å². The van der Waals surface area contributed by atoms with Gasteiger partial charge in [-0.1, -0.05) is 47.4 Å². The van der Waals surface area contributed by atoms with Gasteiger partial charge in [-0.3, -0.25) is 4.79 Å². The van der Waals surface area contributed by atoms with Crippen LogP contribution >= 0.6 is 23.1 Å². The van der Waals surface area contributed by atoms with Crippen LogP contribution in [0.4, 0.5) is 15.2 Å². The molecule has 0 aliphatic carbocycles. The molecule has 28 heavy (non-hydrogen) atoms. The van der Waals surface area contributed by atoms with Gasteiger partial charge in [0.1, 0.15) is 5.82 Å². The van der Waals surface area contributed by atoms with Gasteiger partial charge in [0, 0.05) is 5.69 Å². The van der Waals surface area contributed by atoms with Gasteiger partial charge >= 0.3 is 0 Å². The third-order valence-corrected chi connectivity index (χ3v) is 6.30. The second kappa shape index (κ2) is 9.16. The second-order valence-corrected chi connectivity index (χ2v) is 8.58. The van der Waals surface area contributed by atoms with Crippen LogP contribution in [-0.4, -0.2) is 21.9 Å². The molecular weight excluding hydrogens is 395 g/mol. The number of nitrogens with one attached hydrogen (secondary N) is 2. The summed E-state index contributed by atoms with van der Waals surface area (Å²) < 4.78 is 13.7. The maximum atomic E-state index is 13.0. The molecule has 1 atom stereocenters. The van der Waals surface area contributed by atoms with E-state index in [-0.39, 0.29) is 23.5 Å². The van der Waals surface area contributed by atoms with Crippen molar-refractivity contribution < 1.29 is 9.18 Å². The Morgan fingerprint density at radius 2 is 1.93 bits per heavy atom. The lowest BCUT2D eigenvalue weighted by molar-refractivity contribution is -0.119. The van der Waals surface area contributed by atoms with Gasteiger partial charge in [-0.25, -0.2) is 4.39 Å². The number of hydrogen-bond acceptors (Lipinski definition) is 6.